The molecule has 0 aliphatic carbocycles. The first-order valence-electron chi connectivity index (χ1n) is 4.67. The Morgan fingerprint density at radius 2 is 2.00 bits per heavy atom. The zero-order valence-electron chi connectivity index (χ0n) is 9.03. The monoisotopic (exact) mass is 204 g/mol. The quantitative estimate of drug-likeness (QED) is 0.621. The minimum absolute atomic E-state index is 0.194. The van der Waals surface area contributed by atoms with Gasteiger partial charge in [-0.3, -0.25) is 4.90 Å². The Morgan fingerprint density at radius 1 is 1.50 bits per heavy atom. The average molecular weight is 204 g/mol. The van der Waals surface area contributed by atoms with Gasteiger partial charge in [0.05, 0.1) is 12.6 Å². The van der Waals surface area contributed by atoms with Gasteiger partial charge in [0.2, 0.25) is 0 Å². The summed E-state index contributed by atoms with van der Waals surface area (Å²) in [5, 5.41) is 18.1. The molecule has 0 rings (SSSR count). The van der Waals surface area contributed by atoms with E-state index in [-0.39, 0.29) is 6.61 Å². The van der Waals surface area contributed by atoms with Crippen molar-refractivity contribution in [1.29, 1.82) is 0 Å². The van der Waals surface area contributed by atoms with E-state index in [1.807, 2.05) is 0 Å². The molecule has 14 heavy (non-hydrogen) atoms. The van der Waals surface area contributed by atoms with Gasteiger partial charge in [-0.1, -0.05) is 0 Å². The molecular formula is C9H20N2O3. The summed E-state index contributed by atoms with van der Waals surface area (Å²) < 4.78 is 0. The fourth-order valence-electron chi connectivity index (χ4n) is 1.49. The smallest absolute Gasteiger partial charge is 0.408 e. The van der Waals surface area contributed by atoms with Crippen LogP contribution in [0.2, 0.25) is 0 Å². The maximum atomic E-state index is 11.0. The van der Waals surface area contributed by atoms with Gasteiger partial charge in [0.1, 0.15) is 0 Å². The number of amides is 1. The predicted molar refractivity (Wildman–Crippen MR) is 54.2 cm³/mol. The van der Waals surface area contributed by atoms with Gasteiger partial charge in [-0.2, -0.15) is 0 Å². The van der Waals surface area contributed by atoms with Crippen LogP contribution in [0.15, 0.2) is 0 Å². The lowest BCUT2D eigenvalue weighted by molar-refractivity contribution is 0.0441. The Kier molecular flexibility index (Phi) is 4.87. The molecule has 0 aromatic heterocycles. The van der Waals surface area contributed by atoms with Crippen molar-refractivity contribution in [3.63, 3.8) is 0 Å². The summed E-state index contributed by atoms with van der Waals surface area (Å²) in [6.07, 6.45) is -0.551. The zero-order valence-corrected chi connectivity index (χ0v) is 9.03. The number of nitrogens with two attached hydrogens (primary N) is 1. The van der Waals surface area contributed by atoms with Crippen LogP contribution < -0.4 is 5.73 Å². The molecule has 0 spiro atoms. The molecule has 0 aromatic carbocycles. The van der Waals surface area contributed by atoms with Crippen LogP contribution >= 0.6 is 0 Å². The van der Waals surface area contributed by atoms with Crippen molar-refractivity contribution in [2.45, 2.75) is 38.8 Å². The number of hydrogen-bond donors (Lipinski definition) is 3. The summed E-state index contributed by atoms with van der Waals surface area (Å²) in [6.45, 7) is 5.55. The molecule has 0 aliphatic heterocycles. The second kappa shape index (κ2) is 5.17. The standard InChI is InChI=1S/C9H20N2O3/c1-9(2,3)11(8(13)14)7(6-12)4-5-10/h7,12H,4-6,10H2,1-3H3,(H,13,14)/t7-/m0/s1. The van der Waals surface area contributed by atoms with Crippen LogP contribution in [0.3, 0.4) is 0 Å². The first-order valence-corrected chi connectivity index (χ1v) is 4.67. The van der Waals surface area contributed by atoms with E-state index in [0.29, 0.717) is 13.0 Å². The van der Waals surface area contributed by atoms with E-state index < -0.39 is 17.7 Å². The molecular weight excluding hydrogens is 184 g/mol. The highest BCUT2D eigenvalue weighted by atomic mass is 16.4. The average Bonchev–Trinajstić information content (AvgIpc) is 2.00. The van der Waals surface area contributed by atoms with Gasteiger partial charge in [0, 0.05) is 5.54 Å². The van der Waals surface area contributed by atoms with Crippen LogP contribution in [-0.4, -0.2) is 45.9 Å². The largest absolute Gasteiger partial charge is 0.465 e. The number of carboxylic acid groups (broad SMARTS) is 1. The third-order valence-corrected chi connectivity index (χ3v) is 2.00. The normalized spacial score (nSPS) is 13.8. The minimum Gasteiger partial charge on any atom is -0.465 e. The molecule has 0 aliphatic rings. The lowest BCUT2D eigenvalue weighted by atomic mass is 10.0. The van der Waals surface area contributed by atoms with Gasteiger partial charge >= 0.3 is 6.09 Å². The predicted octanol–water partition coefficient (Wildman–Crippen LogP) is 0.475. The molecule has 1 atom stereocenters. The van der Waals surface area contributed by atoms with E-state index >= 15 is 0 Å². The van der Waals surface area contributed by atoms with Crippen LogP contribution in [0.5, 0.6) is 0 Å². The second-order valence-corrected chi connectivity index (χ2v) is 4.24. The minimum atomic E-state index is -1.02. The van der Waals surface area contributed by atoms with Crippen molar-refractivity contribution in [2.75, 3.05) is 13.2 Å². The van der Waals surface area contributed by atoms with Gasteiger partial charge in [-0.25, -0.2) is 4.79 Å². The molecule has 0 saturated heterocycles. The van der Waals surface area contributed by atoms with Crippen LogP contribution in [0, 0.1) is 0 Å². The maximum Gasteiger partial charge on any atom is 0.408 e. The molecule has 0 aromatic rings. The molecule has 84 valence electrons. The van der Waals surface area contributed by atoms with Crippen LogP contribution in [0.25, 0.3) is 0 Å². The van der Waals surface area contributed by atoms with Crippen molar-refractivity contribution >= 4 is 6.09 Å². The maximum absolute atomic E-state index is 11.0. The highest BCUT2D eigenvalue weighted by molar-refractivity contribution is 5.66. The Morgan fingerprint density at radius 3 is 2.21 bits per heavy atom. The molecule has 4 N–H and O–H groups in total. The summed E-state index contributed by atoms with van der Waals surface area (Å²) in [5.41, 5.74) is 4.84. The Bertz CT molecular complexity index is 189. The zero-order chi connectivity index (χ0) is 11.4. The molecule has 0 radical (unpaired) electrons. The fourth-order valence-corrected chi connectivity index (χ4v) is 1.49. The molecule has 0 unspecified atom stereocenters. The first kappa shape index (κ1) is 13.2. The van der Waals surface area contributed by atoms with Crippen molar-refractivity contribution < 1.29 is 15.0 Å². The summed E-state index contributed by atoms with van der Waals surface area (Å²) >= 11 is 0. The second-order valence-electron chi connectivity index (χ2n) is 4.24. The first-order chi connectivity index (χ1) is 6.34. The third-order valence-electron chi connectivity index (χ3n) is 2.00. The van der Waals surface area contributed by atoms with Gasteiger partial charge in [-0.15, -0.1) is 0 Å². The Hall–Kier alpha value is -0.810. The number of rotatable bonds is 4. The molecule has 0 heterocycles. The number of aliphatic hydroxyl groups excluding tert-OH is 1. The number of aliphatic hydroxyl groups is 1. The number of hydrogen-bond acceptors (Lipinski definition) is 3. The van der Waals surface area contributed by atoms with E-state index in [9.17, 15) is 4.79 Å². The lowest BCUT2D eigenvalue weighted by Crippen LogP contribution is -2.53. The Balaban J connectivity index is 4.70. The van der Waals surface area contributed by atoms with Crippen molar-refractivity contribution in [3.05, 3.63) is 0 Å². The lowest BCUT2D eigenvalue weighted by Gasteiger charge is -2.38. The molecule has 0 fully saturated rings. The van der Waals surface area contributed by atoms with Crippen molar-refractivity contribution in [2.24, 2.45) is 5.73 Å². The van der Waals surface area contributed by atoms with E-state index in [1.54, 1.807) is 20.8 Å². The van der Waals surface area contributed by atoms with Crippen molar-refractivity contribution in [3.8, 4) is 0 Å². The molecule has 5 nitrogen and oxygen atoms in total. The summed E-state index contributed by atoms with van der Waals surface area (Å²) in [6, 6.07) is -0.419. The van der Waals surface area contributed by atoms with Gasteiger partial charge in [0.15, 0.2) is 0 Å². The van der Waals surface area contributed by atoms with Gasteiger partial charge in [0.25, 0.3) is 0 Å². The van der Waals surface area contributed by atoms with E-state index in [1.165, 1.54) is 4.90 Å². The summed E-state index contributed by atoms with van der Waals surface area (Å²) in [4.78, 5) is 12.2. The highest BCUT2D eigenvalue weighted by Crippen LogP contribution is 2.18. The SMILES string of the molecule is CC(C)(C)N(C(=O)O)[C@H](CO)CCN. The van der Waals surface area contributed by atoms with Gasteiger partial charge in [-0.05, 0) is 33.7 Å². The number of carbonyl (C=O) groups is 1. The number of nitrogens with zero attached hydrogens (tertiary/aromatic N) is 1. The van der Waals surface area contributed by atoms with E-state index in [2.05, 4.69) is 0 Å². The topological polar surface area (TPSA) is 86.8 Å². The van der Waals surface area contributed by atoms with E-state index in [4.69, 9.17) is 15.9 Å². The summed E-state index contributed by atoms with van der Waals surface area (Å²) in [7, 11) is 0. The fraction of sp³-hybridized carbons (Fsp3) is 0.889. The molecule has 1 amide bonds. The van der Waals surface area contributed by atoms with Crippen molar-refractivity contribution in [1.82, 2.24) is 4.90 Å². The Labute approximate surface area is 84.5 Å². The van der Waals surface area contributed by atoms with Crippen LogP contribution in [-0.2, 0) is 0 Å². The van der Waals surface area contributed by atoms with Crippen LogP contribution in [0.1, 0.15) is 27.2 Å². The molecule has 5 heteroatoms. The summed E-state index contributed by atoms with van der Waals surface area (Å²) in [5.74, 6) is 0. The molecule has 0 bridgehead atoms. The third kappa shape index (κ3) is 3.51. The van der Waals surface area contributed by atoms with E-state index in [0.717, 1.165) is 0 Å². The highest BCUT2D eigenvalue weighted by Gasteiger charge is 2.32. The van der Waals surface area contributed by atoms with Crippen LogP contribution in [0.4, 0.5) is 4.79 Å². The van der Waals surface area contributed by atoms with Gasteiger partial charge < -0.3 is 15.9 Å². The molecule has 0 saturated carbocycles.